The fraction of sp³-hybridized carbons (Fsp3) is 0.692. The molecule has 1 saturated heterocycles. The van der Waals surface area contributed by atoms with Crippen LogP contribution in [-0.2, 0) is 5.41 Å². The van der Waals surface area contributed by atoms with E-state index in [1.54, 1.807) is 0 Å². The molecule has 1 fully saturated rings. The van der Waals surface area contributed by atoms with Gasteiger partial charge in [0.2, 0.25) is 5.95 Å². The molecule has 2 heterocycles. The van der Waals surface area contributed by atoms with Gasteiger partial charge in [-0.15, -0.1) is 0 Å². The van der Waals surface area contributed by atoms with Gasteiger partial charge in [0, 0.05) is 30.7 Å². The number of nitrogens with zero attached hydrogens (tertiary/aromatic N) is 3. The number of aromatic nitrogens is 2. The lowest BCUT2D eigenvalue weighted by Crippen LogP contribution is -2.29. The Bertz CT molecular complexity index is 387. The van der Waals surface area contributed by atoms with Gasteiger partial charge in [0.15, 0.2) is 0 Å². The maximum absolute atomic E-state index is 6.03. The predicted octanol–water partition coefficient (Wildman–Crippen LogP) is 1.56. The molecule has 2 rings (SSSR count). The van der Waals surface area contributed by atoms with E-state index in [9.17, 15) is 0 Å². The minimum absolute atomic E-state index is 0.0607. The molecule has 1 aliphatic heterocycles. The molecule has 1 aromatic rings. The van der Waals surface area contributed by atoms with Gasteiger partial charge in [-0.1, -0.05) is 27.7 Å². The summed E-state index contributed by atoms with van der Waals surface area (Å²) in [4.78, 5) is 11.2. The fourth-order valence-corrected chi connectivity index (χ4v) is 2.07. The third-order valence-corrected chi connectivity index (χ3v) is 3.36. The molecule has 2 unspecified atom stereocenters. The van der Waals surface area contributed by atoms with E-state index in [-0.39, 0.29) is 11.5 Å². The Morgan fingerprint density at radius 2 is 2.06 bits per heavy atom. The second-order valence-corrected chi connectivity index (χ2v) is 6.04. The van der Waals surface area contributed by atoms with Crippen molar-refractivity contribution in [3.05, 3.63) is 18.0 Å². The van der Waals surface area contributed by atoms with Gasteiger partial charge in [-0.2, -0.15) is 0 Å². The summed E-state index contributed by atoms with van der Waals surface area (Å²) in [7, 11) is 0. The molecule has 0 bridgehead atoms. The van der Waals surface area contributed by atoms with Gasteiger partial charge >= 0.3 is 0 Å². The Hall–Kier alpha value is -1.16. The van der Waals surface area contributed by atoms with Crippen LogP contribution >= 0.6 is 0 Å². The molecular weight excluding hydrogens is 212 g/mol. The second kappa shape index (κ2) is 4.26. The smallest absolute Gasteiger partial charge is 0.225 e. The number of hydrogen-bond acceptors (Lipinski definition) is 4. The van der Waals surface area contributed by atoms with Gasteiger partial charge in [0.25, 0.3) is 0 Å². The van der Waals surface area contributed by atoms with Gasteiger partial charge in [-0.25, -0.2) is 9.97 Å². The minimum atomic E-state index is 0.0607. The Balaban J connectivity index is 2.23. The van der Waals surface area contributed by atoms with E-state index in [0.717, 1.165) is 24.7 Å². The third kappa shape index (κ3) is 2.57. The quantitative estimate of drug-likeness (QED) is 0.801. The van der Waals surface area contributed by atoms with E-state index in [1.165, 1.54) is 0 Å². The molecule has 2 atom stereocenters. The van der Waals surface area contributed by atoms with E-state index in [1.807, 2.05) is 12.3 Å². The van der Waals surface area contributed by atoms with Crippen molar-refractivity contribution < 1.29 is 0 Å². The summed E-state index contributed by atoms with van der Waals surface area (Å²) in [6.07, 6.45) is 1.84. The van der Waals surface area contributed by atoms with Crippen LogP contribution in [0.4, 0.5) is 5.95 Å². The van der Waals surface area contributed by atoms with Gasteiger partial charge in [-0.3, -0.25) is 0 Å². The molecule has 0 amide bonds. The first-order valence-electron chi connectivity index (χ1n) is 6.22. The van der Waals surface area contributed by atoms with Crippen molar-refractivity contribution >= 4 is 5.95 Å². The van der Waals surface area contributed by atoms with Crippen LogP contribution in [0.5, 0.6) is 0 Å². The van der Waals surface area contributed by atoms with Crippen molar-refractivity contribution in [2.45, 2.75) is 39.2 Å². The van der Waals surface area contributed by atoms with E-state index in [0.29, 0.717) is 5.92 Å². The van der Waals surface area contributed by atoms with Crippen LogP contribution in [-0.4, -0.2) is 29.1 Å². The van der Waals surface area contributed by atoms with E-state index in [2.05, 4.69) is 42.6 Å². The molecule has 1 aliphatic rings. The average molecular weight is 234 g/mol. The highest BCUT2D eigenvalue weighted by Gasteiger charge is 2.28. The molecule has 0 saturated carbocycles. The zero-order chi connectivity index (χ0) is 12.6. The van der Waals surface area contributed by atoms with Gasteiger partial charge in [0.1, 0.15) is 0 Å². The summed E-state index contributed by atoms with van der Waals surface area (Å²) in [5.41, 5.74) is 7.17. The van der Waals surface area contributed by atoms with Crippen LogP contribution in [0.15, 0.2) is 12.3 Å². The van der Waals surface area contributed by atoms with E-state index < -0.39 is 0 Å². The molecule has 17 heavy (non-hydrogen) atoms. The second-order valence-electron chi connectivity index (χ2n) is 6.04. The molecule has 4 heteroatoms. The monoisotopic (exact) mass is 234 g/mol. The van der Waals surface area contributed by atoms with Crippen LogP contribution in [0.1, 0.15) is 33.4 Å². The Labute approximate surface area is 103 Å². The topological polar surface area (TPSA) is 55.0 Å². The lowest BCUT2D eigenvalue weighted by molar-refractivity contribution is 0.563. The summed E-state index contributed by atoms with van der Waals surface area (Å²) in [6, 6.07) is 2.22. The van der Waals surface area contributed by atoms with Crippen molar-refractivity contribution in [3.8, 4) is 0 Å². The first-order chi connectivity index (χ1) is 7.88. The first-order valence-corrected chi connectivity index (χ1v) is 6.22. The van der Waals surface area contributed by atoms with E-state index >= 15 is 0 Å². The van der Waals surface area contributed by atoms with Gasteiger partial charge in [0.05, 0.1) is 5.69 Å². The normalized spacial score (nSPS) is 25.4. The Morgan fingerprint density at radius 3 is 2.59 bits per heavy atom. The van der Waals surface area contributed by atoms with Crippen LogP contribution in [0.25, 0.3) is 0 Å². The van der Waals surface area contributed by atoms with Crippen molar-refractivity contribution in [1.29, 1.82) is 0 Å². The summed E-state index contributed by atoms with van der Waals surface area (Å²) in [5, 5.41) is 0. The third-order valence-electron chi connectivity index (χ3n) is 3.36. The molecule has 0 spiro atoms. The highest BCUT2D eigenvalue weighted by atomic mass is 15.3. The van der Waals surface area contributed by atoms with Crippen molar-refractivity contribution in [3.63, 3.8) is 0 Å². The number of nitrogens with two attached hydrogens (primary N) is 1. The maximum atomic E-state index is 6.03. The van der Waals surface area contributed by atoms with Crippen molar-refractivity contribution in [2.24, 2.45) is 11.7 Å². The zero-order valence-electron chi connectivity index (χ0n) is 11.1. The molecule has 4 nitrogen and oxygen atoms in total. The fourth-order valence-electron chi connectivity index (χ4n) is 2.07. The highest BCUT2D eigenvalue weighted by molar-refractivity contribution is 5.34. The number of rotatable bonds is 1. The Kier molecular flexibility index (Phi) is 3.08. The maximum Gasteiger partial charge on any atom is 0.225 e. The highest BCUT2D eigenvalue weighted by Crippen LogP contribution is 2.24. The molecule has 94 valence electrons. The van der Waals surface area contributed by atoms with Crippen molar-refractivity contribution in [1.82, 2.24) is 9.97 Å². The summed E-state index contributed by atoms with van der Waals surface area (Å²) >= 11 is 0. The molecule has 0 radical (unpaired) electrons. The SMILES string of the molecule is CC1CN(c2nccc(C(C)(C)C)n2)CC1N. The zero-order valence-corrected chi connectivity index (χ0v) is 11.1. The van der Waals surface area contributed by atoms with Crippen LogP contribution in [0.3, 0.4) is 0 Å². The number of hydrogen-bond donors (Lipinski definition) is 1. The minimum Gasteiger partial charge on any atom is -0.339 e. The van der Waals surface area contributed by atoms with Gasteiger partial charge < -0.3 is 10.6 Å². The van der Waals surface area contributed by atoms with Crippen molar-refractivity contribution in [2.75, 3.05) is 18.0 Å². The van der Waals surface area contributed by atoms with Gasteiger partial charge in [-0.05, 0) is 12.0 Å². The molecule has 2 N–H and O–H groups in total. The largest absolute Gasteiger partial charge is 0.339 e. The first kappa shape index (κ1) is 12.3. The lowest BCUT2D eigenvalue weighted by Gasteiger charge is -2.21. The summed E-state index contributed by atoms with van der Waals surface area (Å²) in [6.45, 7) is 10.5. The Morgan fingerprint density at radius 1 is 1.35 bits per heavy atom. The molecular formula is C13H22N4. The van der Waals surface area contributed by atoms with E-state index in [4.69, 9.17) is 5.73 Å². The molecule has 1 aromatic heterocycles. The summed E-state index contributed by atoms with van der Waals surface area (Å²) < 4.78 is 0. The number of anilines is 1. The summed E-state index contributed by atoms with van der Waals surface area (Å²) in [5.74, 6) is 1.33. The van der Waals surface area contributed by atoms with Crippen LogP contribution in [0.2, 0.25) is 0 Å². The standard InChI is InChI=1S/C13H22N4/c1-9-7-17(8-10(9)14)12-15-6-5-11(16-12)13(2,3)4/h5-6,9-10H,7-8,14H2,1-4H3. The van der Waals surface area contributed by atoms with Crippen LogP contribution < -0.4 is 10.6 Å². The van der Waals surface area contributed by atoms with Crippen LogP contribution in [0, 0.1) is 5.92 Å². The molecule has 0 aliphatic carbocycles. The molecule has 0 aromatic carbocycles. The lowest BCUT2D eigenvalue weighted by atomic mass is 9.92. The predicted molar refractivity (Wildman–Crippen MR) is 70.1 cm³/mol. The average Bonchev–Trinajstić information content (AvgIpc) is 2.58.